The predicted octanol–water partition coefficient (Wildman–Crippen LogP) is 1.22. The van der Waals surface area contributed by atoms with Gasteiger partial charge in [-0.15, -0.1) is 17.8 Å². The smallest absolute Gasteiger partial charge is 0.313 e. The normalized spacial score (nSPS) is 20.9. The molecule has 0 spiro atoms. The van der Waals surface area contributed by atoms with Gasteiger partial charge in [-0.25, -0.2) is 4.98 Å². The SMILES string of the molecule is C#Cc1ccc(NC(=O)C(=O)NC2CCC(C(=O)N(C)C)CC2NC(=O)c2nc3c(s2)CN(C)CC3)cc1. The molecule has 3 atom stereocenters. The van der Waals surface area contributed by atoms with Crippen LogP contribution in [0.2, 0.25) is 0 Å². The molecule has 4 amide bonds. The van der Waals surface area contributed by atoms with E-state index in [1.54, 1.807) is 38.4 Å². The number of likely N-dealkylation sites (N-methyl/N-ethyl adjacent to an activating group) is 1. The van der Waals surface area contributed by atoms with Gasteiger partial charge in [-0.05, 0) is 50.6 Å². The number of amides is 4. The molecular formula is C27H32N6O4S. The van der Waals surface area contributed by atoms with Crippen LogP contribution in [0.1, 0.15) is 45.2 Å². The van der Waals surface area contributed by atoms with Gasteiger partial charge >= 0.3 is 11.8 Å². The van der Waals surface area contributed by atoms with Gasteiger partial charge in [-0.3, -0.25) is 19.2 Å². The summed E-state index contributed by atoms with van der Waals surface area (Å²) in [6.45, 7) is 1.64. The van der Waals surface area contributed by atoms with E-state index < -0.39 is 23.9 Å². The Bertz CT molecular complexity index is 1270. The fraction of sp³-hybridized carbons (Fsp3) is 0.444. The molecule has 1 aliphatic heterocycles. The zero-order chi connectivity index (χ0) is 27.4. The molecule has 1 aromatic carbocycles. The molecule has 3 N–H and O–H groups in total. The van der Waals surface area contributed by atoms with Crippen LogP contribution < -0.4 is 16.0 Å². The maximum absolute atomic E-state index is 13.2. The van der Waals surface area contributed by atoms with E-state index in [4.69, 9.17) is 6.42 Å². The summed E-state index contributed by atoms with van der Waals surface area (Å²) in [5.41, 5.74) is 2.04. The number of carbonyl (C=O) groups excluding carboxylic acids is 4. The number of thiazole rings is 1. The Kier molecular flexibility index (Phi) is 8.44. The summed E-state index contributed by atoms with van der Waals surface area (Å²) in [7, 11) is 5.42. The van der Waals surface area contributed by atoms with Crippen LogP contribution in [0.3, 0.4) is 0 Å². The molecule has 0 radical (unpaired) electrons. The fourth-order valence-corrected chi connectivity index (χ4v) is 5.91. The van der Waals surface area contributed by atoms with Gasteiger partial charge in [-0.1, -0.05) is 5.92 Å². The lowest BCUT2D eigenvalue weighted by Crippen LogP contribution is -2.57. The summed E-state index contributed by atoms with van der Waals surface area (Å²) < 4.78 is 0. The summed E-state index contributed by atoms with van der Waals surface area (Å²) in [6.07, 6.45) is 7.45. The molecule has 38 heavy (non-hydrogen) atoms. The van der Waals surface area contributed by atoms with Gasteiger partial charge in [-0.2, -0.15) is 0 Å². The lowest BCUT2D eigenvalue weighted by atomic mass is 9.81. The van der Waals surface area contributed by atoms with Crippen molar-refractivity contribution in [1.29, 1.82) is 0 Å². The number of hydrogen-bond donors (Lipinski definition) is 3. The van der Waals surface area contributed by atoms with E-state index in [2.05, 4.69) is 31.8 Å². The third kappa shape index (κ3) is 6.38. The van der Waals surface area contributed by atoms with Crippen molar-refractivity contribution in [2.24, 2.45) is 5.92 Å². The lowest BCUT2D eigenvalue weighted by Gasteiger charge is -2.37. The average Bonchev–Trinajstić information content (AvgIpc) is 3.33. The average molecular weight is 537 g/mol. The Labute approximate surface area is 226 Å². The molecule has 0 bridgehead atoms. The van der Waals surface area contributed by atoms with Crippen molar-refractivity contribution >= 4 is 40.7 Å². The zero-order valence-electron chi connectivity index (χ0n) is 21.7. The highest BCUT2D eigenvalue weighted by Crippen LogP contribution is 2.28. The molecule has 2 aromatic rings. The summed E-state index contributed by atoms with van der Waals surface area (Å²) in [5.74, 6) is 0.172. The first-order valence-corrected chi connectivity index (χ1v) is 13.3. The fourth-order valence-electron chi connectivity index (χ4n) is 4.81. The number of rotatable bonds is 5. The van der Waals surface area contributed by atoms with Crippen molar-refractivity contribution < 1.29 is 19.2 Å². The number of anilines is 1. The molecule has 10 nitrogen and oxygen atoms in total. The topological polar surface area (TPSA) is 124 Å². The molecule has 0 saturated heterocycles. The Morgan fingerprint density at radius 3 is 2.50 bits per heavy atom. The van der Waals surface area contributed by atoms with E-state index in [-0.39, 0.29) is 17.7 Å². The van der Waals surface area contributed by atoms with Crippen LogP contribution in [0.4, 0.5) is 5.69 Å². The minimum absolute atomic E-state index is 0.0325. The minimum Gasteiger partial charge on any atom is -0.349 e. The van der Waals surface area contributed by atoms with Gasteiger partial charge in [0.1, 0.15) is 0 Å². The van der Waals surface area contributed by atoms with Gasteiger partial charge in [0.05, 0.1) is 11.7 Å². The molecule has 2 heterocycles. The molecule has 200 valence electrons. The molecule has 1 fully saturated rings. The summed E-state index contributed by atoms with van der Waals surface area (Å²) in [4.78, 5) is 60.6. The summed E-state index contributed by atoms with van der Waals surface area (Å²) in [5, 5.41) is 8.68. The van der Waals surface area contributed by atoms with Gasteiger partial charge in [0.25, 0.3) is 5.91 Å². The summed E-state index contributed by atoms with van der Waals surface area (Å²) in [6, 6.07) is 5.50. The van der Waals surface area contributed by atoms with Crippen LogP contribution in [0.25, 0.3) is 0 Å². The van der Waals surface area contributed by atoms with E-state index in [1.165, 1.54) is 16.2 Å². The van der Waals surface area contributed by atoms with Crippen LogP contribution in [-0.2, 0) is 27.3 Å². The standard InChI is InChI=1S/C27H32N6O4S/c1-5-16-6-9-18(10-7-16)28-23(34)24(35)29-19-11-8-17(27(37)32(2)3)14-21(19)30-25(36)26-31-20-12-13-33(4)15-22(20)38-26/h1,6-7,9-10,17,19,21H,8,11-15H2,2-4H3,(H,28,34)(H,29,35)(H,30,36). The predicted molar refractivity (Wildman–Crippen MR) is 144 cm³/mol. The first-order chi connectivity index (χ1) is 18.1. The molecule has 1 aliphatic carbocycles. The molecule has 1 saturated carbocycles. The first-order valence-electron chi connectivity index (χ1n) is 12.5. The highest BCUT2D eigenvalue weighted by molar-refractivity contribution is 7.13. The first kappa shape index (κ1) is 27.3. The largest absolute Gasteiger partial charge is 0.349 e. The number of aromatic nitrogens is 1. The van der Waals surface area contributed by atoms with Crippen molar-refractivity contribution in [2.45, 2.75) is 44.3 Å². The summed E-state index contributed by atoms with van der Waals surface area (Å²) >= 11 is 1.37. The second kappa shape index (κ2) is 11.8. The van der Waals surface area contributed by atoms with Crippen LogP contribution in [0.15, 0.2) is 24.3 Å². The highest BCUT2D eigenvalue weighted by atomic mass is 32.1. The maximum Gasteiger partial charge on any atom is 0.313 e. The third-order valence-corrected chi connectivity index (χ3v) is 7.99. The van der Waals surface area contributed by atoms with Gasteiger partial charge in [0.2, 0.25) is 5.91 Å². The quantitative estimate of drug-likeness (QED) is 0.390. The molecule has 3 unspecified atom stereocenters. The van der Waals surface area contributed by atoms with Crippen molar-refractivity contribution in [2.75, 3.05) is 33.0 Å². The number of fused-ring (bicyclic) bond motifs is 1. The number of terminal acetylenes is 1. The second-order valence-electron chi connectivity index (χ2n) is 9.96. The molecule has 1 aromatic heterocycles. The Morgan fingerprint density at radius 2 is 1.82 bits per heavy atom. The molecular weight excluding hydrogens is 504 g/mol. The monoisotopic (exact) mass is 536 g/mol. The van der Waals surface area contributed by atoms with Crippen LogP contribution in [-0.4, -0.2) is 78.2 Å². The van der Waals surface area contributed by atoms with Crippen LogP contribution in [0, 0.1) is 18.3 Å². The van der Waals surface area contributed by atoms with E-state index in [0.717, 1.165) is 30.1 Å². The Hall–Kier alpha value is -3.75. The zero-order valence-corrected chi connectivity index (χ0v) is 22.6. The number of hydrogen-bond acceptors (Lipinski definition) is 7. The van der Waals surface area contributed by atoms with Gasteiger partial charge in [0.15, 0.2) is 5.01 Å². The maximum atomic E-state index is 13.2. The van der Waals surface area contributed by atoms with Crippen LogP contribution >= 0.6 is 11.3 Å². The second-order valence-corrected chi connectivity index (χ2v) is 11.0. The number of benzene rings is 1. The van der Waals surface area contributed by atoms with Crippen molar-refractivity contribution in [3.63, 3.8) is 0 Å². The van der Waals surface area contributed by atoms with E-state index in [0.29, 0.717) is 35.5 Å². The Morgan fingerprint density at radius 1 is 1.08 bits per heavy atom. The molecule has 2 aliphatic rings. The number of carbonyl (C=O) groups is 4. The van der Waals surface area contributed by atoms with E-state index >= 15 is 0 Å². The third-order valence-electron chi connectivity index (χ3n) is 6.91. The number of nitrogens with one attached hydrogen (secondary N) is 3. The molecule has 11 heteroatoms. The van der Waals surface area contributed by atoms with Gasteiger partial charge in [0, 0.05) is 61.7 Å². The van der Waals surface area contributed by atoms with E-state index in [9.17, 15) is 19.2 Å². The Balaban J connectivity index is 1.45. The van der Waals surface area contributed by atoms with Crippen molar-refractivity contribution in [3.8, 4) is 12.3 Å². The van der Waals surface area contributed by atoms with Crippen LogP contribution in [0.5, 0.6) is 0 Å². The lowest BCUT2D eigenvalue weighted by molar-refractivity contribution is -0.137. The van der Waals surface area contributed by atoms with E-state index in [1.807, 2.05) is 7.05 Å². The van der Waals surface area contributed by atoms with Crippen molar-refractivity contribution in [1.82, 2.24) is 25.4 Å². The minimum atomic E-state index is -0.827. The highest BCUT2D eigenvalue weighted by Gasteiger charge is 2.37. The van der Waals surface area contributed by atoms with Crippen molar-refractivity contribution in [3.05, 3.63) is 45.4 Å². The van der Waals surface area contributed by atoms with Gasteiger partial charge < -0.3 is 25.8 Å². The molecule has 4 rings (SSSR count). The number of nitrogens with zero attached hydrogens (tertiary/aromatic N) is 3.